The number of quaternary nitrogens is 1. The lowest BCUT2D eigenvalue weighted by Gasteiger charge is -2.26. The average molecular weight is 641 g/mol. The molecule has 1 aliphatic rings. The standard InChI is InChI=1S/C27H28Br2O5S.H3N/c1-13(2)18-11-20(15(5)24(28)26(18)30)23(17-9-7-8-10-22(17)35(32,33)34)21-12-19(14(3)4)27(31)25(29)16(21)6;/h7-14,30H,1-6H3,(H,32,33,34);1H3. The van der Waals surface area contributed by atoms with Crippen molar-refractivity contribution < 1.29 is 22.9 Å². The van der Waals surface area contributed by atoms with Crippen molar-refractivity contribution >= 4 is 53.3 Å². The van der Waals surface area contributed by atoms with E-state index in [0.717, 1.165) is 0 Å². The van der Waals surface area contributed by atoms with Gasteiger partial charge >= 0.3 is 0 Å². The Morgan fingerprint density at radius 3 is 2.11 bits per heavy atom. The third-order valence-corrected chi connectivity index (χ3v) is 9.04. The van der Waals surface area contributed by atoms with Crippen LogP contribution in [0.2, 0.25) is 0 Å². The normalized spacial score (nSPS) is 15.9. The van der Waals surface area contributed by atoms with Gasteiger partial charge in [0.15, 0.2) is 5.78 Å². The van der Waals surface area contributed by atoms with Crippen LogP contribution in [0.1, 0.15) is 62.8 Å². The number of hydrogen-bond donors (Lipinski definition) is 2. The first-order valence-corrected chi connectivity index (χ1v) is 14.1. The maximum absolute atomic E-state index is 13.0. The van der Waals surface area contributed by atoms with E-state index in [-0.39, 0.29) is 40.0 Å². The average Bonchev–Trinajstić information content (AvgIpc) is 2.78. The maximum Gasteiger partial charge on any atom is 0.196 e. The molecule has 0 fully saturated rings. The van der Waals surface area contributed by atoms with E-state index in [0.29, 0.717) is 47.9 Å². The minimum atomic E-state index is -4.82. The van der Waals surface area contributed by atoms with Gasteiger partial charge in [-0.2, -0.15) is 0 Å². The first kappa shape index (κ1) is 30.2. The number of rotatable bonds is 5. The number of benzene rings is 2. The molecule has 5 N–H and O–H groups in total. The van der Waals surface area contributed by atoms with Gasteiger partial charge in [-0.05, 0) is 109 Å². The molecule has 194 valence electrons. The van der Waals surface area contributed by atoms with E-state index in [1.807, 2.05) is 40.7 Å². The van der Waals surface area contributed by atoms with Crippen LogP contribution in [0.3, 0.4) is 0 Å². The molecule has 0 saturated carbocycles. The first-order chi connectivity index (χ1) is 16.2. The molecule has 2 aromatic rings. The molecule has 3 rings (SSSR count). The predicted molar refractivity (Wildman–Crippen MR) is 151 cm³/mol. The van der Waals surface area contributed by atoms with E-state index in [2.05, 4.69) is 31.9 Å². The largest absolute Gasteiger partial charge is 0.744 e. The van der Waals surface area contributed by atoms with Crippen LogP contribution in [0, 0.1) is 12.8 Å². The summed E-state index contributed by atoms with van der Waals surface area (Å²) >= 11 is 6.95. The lowest BCUT2D eigenvalue weighted by Crippen LogP contribution is -2.16. The minimum Gasteiger partial charge on any atom is -0.744 e. The molecule has 6 nitrogen and oxygen atoms in total. The van der Waals surface area contributed by atoms with E-state index < -0.39 is 10.1 Å². The van der Waals surface area contributed by atoms with Crippen molar-refractivity contribution in [3.63, 3.8) is 0 Å². The monoisotopic (exact) mass is 639 g/mol. The lowest BCUT2D eigenvalue weighted by atomic mass is 9.81. The van der Waals surface area contributed by atoms with Gasteiger partial charge in [0.05, 0.1) is 13.9 Å². The summed E-state index contributed by atoms with van der Waals surface area (Å²) in [6, 6.07) is 7.91. The molecule has 36 heavy (non-hydrogen) atoms. The topological polar surface area (TPSA) is 131 Å². The van der Waals surface area contributed by atoms with E-state index in [9.17, 15) is 22.9 Å². The van der Waals surface area contributed by atoms with Gasteiger partial charge in [0, 0.05) is 11.1 Å². The van der Waals surface area contributed by atoms with Gasteiger partial charge < -0.3 is 15.8 Å². The van der Waals surface area contributed by atoms with Gasteiger partial charge in [-0.25, -0.2) is 8.42 Å². The Kier molecular flexibility index (Phi) is 9.35. The fraction of sp³-hybridized carbons (Fsp3) is 0.296. The quantitative estimate of drug-likeness (QED) is 0.327. The minimum absolute atomic E-state index is 0. The lowest BCUT2D eigenvalue weighted by molar-refractivity contribution is -0.112. The van der Waals surface area contributed by atoms with Crippen LogP contribution in [0.15, 0.2) is 67.0 Å². The van der Waals surface area contributed by atoms with Gasteiger partial charge in [-0.3, -0.25) is 4.79 Å². The fourth-order valence-electron chi connectivity index (χ4n) is 4.21. The summed E-state index contributed by atoms with van der Waals surface area (Å²) < 4.78 is 37.8. The van der Waals surface area contributed by atoms with E-state index in [4.69, 9.17) is 0 Å². The summed E-state index contributed by atoms with van der Waals surface area (Å²) in [6.07, 6.45) is 1.78. The Morgan fingerprint density at radius 2 is 1.58 bits per heavy atom. The number of hydrogen-bond acceptors (Lipinski definition) is 5. The van der Waals surface area contributed by atoms with Gasteiger partial charge in [0.1, 0.15) is 15.9 Å². The van der Waals surface area contributed by atoms with Crippen LogP contribution in [0.25, 0.3) is 5.57 Å². The van der Waals surface area contributed by atoms with Crippen molar-refractivity contribution in [3.8, 4) is 5.75 Å². The number of aromatic hydroxyl groups is 1. The zero-order valence-electron chi connectivity index (χ0n) is 21.4. The van der Waals surface area contributed by atoms with Crippen molar-refractivity contribution in [3.05, 3.63) is 84.3 Å². The molecule has 0 radical (unpaired) electrons. The summed E-state index contributed by atoms with van der Waals surface area (Å²) in [7, 11) is -4.82. The van der Waals surface area contributed by atoms with Crippen LogP contribution in [-0.4, -0.2) is 23.9 Å². The fourth-order valence-corrected chi connectivity index (χ4v) is 5.78. The Morgan fingerprint density at radius 1 is 1.00 bits per heavy atom. The number of phenols is 1. The number of halogens is 2. The van der Waals surface area contributed by atoms with Crippen LogP contribution >= 0.6 is 31.9 Å². The van der Waals surface area contributed by atoms with Gasteiger partial charge in [-0.15, -0.1) is 0 Å². The summed E-state index contributed by atoms with van der Waals surface area (Å²) in [5, 5.41) is 10.8. The zero-order chi connectivity index (χ0) is 26.4. The Bertz CT molecular complexity index is 1430. The van der Waals surface area contributed by atoms with Crippen molar-refractivity contribution in [2.24, 2.45) is 5.92 Å². The van der Waals surface area contributed by atoms with Crippen LogP contribution < -0.4 is 6.15 Å². The molecule has 0 aromatic heterocycles. The Labute approximate surface area is 229 Å². The molecule has 0 atom stereocenters. The third-order valence-electron chi connectivity index (χ3n) is 6.22. The van der Waals surface area contributed by atoms with E-state index in [1.54, 1.807) is 25.1 Å². The maximum atomic E-state index is 13.0. The summed E-state index contributed by atoms with van der Waals surface area (Å²) in [5.74, 6) is -0.136. The van der Waals surface area contributed by atoms with Gasteiger partial charge in [0.2, 0.25) is 0 Å². The smallest absolute Gasteiger partial charge is 0.196 e. The van der Waals surface area contributed by atoms with E-state index >= 15 is 0 Å². The molecule has 0 spiro atoms. The highest BCUT2D eigenvalue weighted by Crippen LogP contribution is 2.45. The SMILES string of the molecule is CC1=C(Br)C(=O)C(C(C)C)=CC1=C(c1ccccc1S(=O)(=O)[O-])c1cc(C(C)C)c(O)c(Br)c1C.[NH4+]. The number of carbonyl (C=O) groups excluding carboxylic acids is 1. The van der Waals surface area contributed by atoms with Crippen LogP contribution in [-0.2, 0) is 14.9 Å². The molecule has 0 bridgehead atoms. The molecule has 2 aromatic carbocycles. The molecule has 1 aliphatic carbocycles. The molecular weight excluding hydrogens is 610 g/mol. The van der Waals surface area contributed by atoms with Crippen molar-refractivity contribution in [2.75, 3.05) is 0 Å². The van der Waals surface area contributed by atoms with Crippen LogP contribution in [0.5, 0.6) is 5.75 Å². The van der Waals surface area contributed by atoms with Crippen LogP contribution in [0.4, 0.5) is 0 Å². The van der Waals surface area contributed by atoms with Crippen molar-refractivity contribution in [2.45, 2.75) is 52.4 Å². The predicted octanol–water partition coefficient (Wildman–Crippen LogP) is 7.50. The second-order valence-electron chi connectivity index (χ2n) is 9.22. The highest BCUT2D eigenvalue weighted by molar-refractivity contribution is 9.12. The molecule has 0 aliphatic heterocycles. The molecule has 0 unspecified atom stereocenters. The second-order valence-corrected chi connectivity index (χ2v) is 12.2. The van der Waals surface area contributed by atoms with E-state index in [1.165, 1.54) is 12.1 Å². The highest BCUT2D eigenvalue weighted by Gasteiger charge is 2.29. The molecule has 0 saturated heterocycles. The summed E-state index contributed by atoms with van der Waals surface area (Å²) in [4.78, 5) is 12.6. The number of carbonyl (C=O) groups is 1. The van der Waals surface area contributed by atoms with Crippen molar-refractivity contribution in [1.29, 1.82) is 0 Å². The van der Waals surface area contributed by atoms with Gasteiger partial charge in [-0.1, -0.05) is 45.9 Å². The number of ketones is 1. The Balaban J connectivity index is 0.00000456. The zero-order valence-corrected chi connectivity index (χ0v) is 25.4. The van der Waals surface area contributed by atoms with Crippen molar-refractivity contribution in [1.82, 2.24) is 6.15 Å². The second kappa shape index (κ2) is 11.1. The summed E-state index contributed by atoms with van der Waals surface area (Å²) in [5.41, 5.74) is 4.55. The molecular formula is C27H31Br2NO5S. The first-order valence-electron chi connectivity index (χ1n) is 11.1. The number of phenolic OH excluding ortho intramolecular Hbond substituents is 1. The third kappa shape index (κ3) is 5.45. The number of allylic oxidation sites excluding steroid dienone is 5. The highest BCUT2D eigenvalue weighted by atomic mass is 79.9. The molecule has 0 amide bonds. The number of Topliss-reactive ketones (excluding diaryl/α,β-unsaturated/α-hetero) is 1. The summed E-state index contributed by atoms with van der Waals surface area (Å²) in [6.45, 7) is 11.3. The van der Waals surface area contributed by atoms with Gasteiger partial charge in [0.25, 0.3) is 0 Å². The molecule has 9 heteroatoms. The molecule has 0 heterocycles. The Hall–Kier alpha value is -2.04.